The predicted molar refractivity (Wildman–Crippen MR) is 134 cm³/mol. The molecule has 1 unspecified atom stereocenters. The Kier molecular flexibility index (Phi) is 5.75. The van der Waals surface area contributed by atoms with Crippen molar-refractivity contribution in [1.82, 2.24) is 5.01 Å². The molecule has 1 saturated carbocycles. The number of alkyl halides is 2. The summed E-state index contributed by atoms with van der Waals surface area (Å²) in [6.07, 6.45) is 4.56. The minimum Gasteiger partial charge on any atom is -0.466 e. The molecule has 0 radical (unpaired) electrons. The molecule has 2 aliphatic heterocycles. The van der Waals surface area contributed by atoms with Gasteiger partial charge in [-0.15, -0.1) is 0 Å². The molecule has 7 heteroatoms. The first kappa shape index (κ1) is 22.5. The summed E-state index contributed by atoms with van der Waals surface area (Å²) in [7, 11) is 0. The lowest BCUT2D eigenvalue weighted by Gasteiger charge is -2.50. The maximum absolute atomic E-state index is 12.6. The summed E-state index contributed by atoms with van der Waals surface area (Å²) in [5, 5.41) is 7.28. The molecule has 180 valence electrons. The molecule has 4 nitrogen and oxygen atoms in total. The van der Waals surface area contributed by atoms with E-state index in [0.29, 0.717) is 5.92 Å². The fourth-order valence-corrected chi connectivity index (χ4v) is 6.09. The van der Waals surface area contributed by atoms with Gasteiger partial charge in [-0.3, -0.25) is 0 Å². The minimum atomic E-state index is -2.84. The molecule has 35 heavy (non-hydrogen) atoms. The van der Waals surface area contributed by atoms with Crippen LogP contribution in [0.3, 0.4) is 0 Å². The summed E-state index contributed by atoms with van der Waals surface area (Å²) in [5.41, 5.74) is 3.85. The molecule has 0 bridgehead atoms. The zero-order valence-electron chi connectivity index (χ0n) is 19.0. The van der Waals surface area contributed by atoms with E-state index in [9.17, 15) is 8.78 Å². The molecule has 0 saturated heterocycles. The summed E-state index contributed by atoms with van der Waals surface area (Å²) in [6.45, 7) is -2.84. The van der Waals surface area contributed by atoms with E-state index in [4.69, 9.17) is 9.84 Å². The highest BCUT2D eigenvalue weighted by molar-refractivity contribution is 9.10. The predicted octanol–water partition coefficient (Wildman–Crippen LogP) is 7.65. The topological polar surface area (TPSA) is 34.1 Å². The van der Waals surface area contributed by atoms with Crippen LogP contribution in [0, 0.1) is 0 Å². The number of fused-ring (bicyclic) bond motifs is 4. The van der Waals surface area contributed by atoms with E-state index in [0.717, 1.165) is 59.2 Å². The average Bonchev–Trinajstić information content (AvgIpc) is 3.33. The molecule has 1 atom stereocenters. The van der Waals surface area contributed by atoms with Crippen molar-refractivity contribution in [3.05, 3.63) is 94.0 Å². The molecule has 1 fully saturated rings. The third-order valence-electron chi connectivity index (χ3n) is 7.41. The van der Waals surface area contributed by atoms with E-state index >= 15 is 0 Å². The zero-order valence-corrected chi connectivity index (χ0v) is 20.6. The summed E-state index contributed by atoms with van der Waals surface area (Å²) in [6, 6.07) is 23.7. The van der Waals surface area contributed by atoms with E-state index in [1.54, 1.807) is 24.3 Å². The highest BCUT2D eigenvalue weighted by Gasteiger charge is 2.52. The van der Waals surface area contributed by atoms with Crippen molar-refractivity contribution in [1.29, 1.82) is 0 Å². The van der Waals surface area contributed by atoms with Gasteiger partial charge in [0, 0.05) is 29.3 Å². The Morgan fingerprint density at radius 1 is 1.00 bits per heavy atom. The standard InChI is InChI=1S/C28H25BrF2N2O2/c29-21-8-11-26-23(16-21)25-17-24(20-6-9-22(10-7-20)34-27(30)31)32-33(25)28(35-26)14-12-19(13-15-28)18-4-2-1-3-5-18/h1-11,16,19,25,27H,12-15,17H2. The molecule has 0 amide bonds. The van der Waals surface area contributed by atoms with Gasteiger partial charge in [-0.1, -0.05) is 46.3 Å². The van der Waals surface area contributed by atoms with Crippen LogP contribution < -0.4 is 9.47 Å². The maximum atomic E-state index is 12.6. The lowest BCUT2D eigenvalue weighted by Crippen LogP contribution is -2.55. The molecular formula is C28H25BrF2N2O2. The smallest absolute Gasteiger partial charge is 0.387 e. The van der Waals surface area contributed by atoms with Crippen LogP contribution in [0.15, 0.2) is 82.4 Å². The minimum absolute atomic E-state index is 0.0662. The number of halogens is 3. The Bertz CT molecular complexity index is 1240. The second kappa shape index (κ2) is 8.94. The first-order valence-corrected chi connectivity index (χ1v) is 12.8. The van der Waals surface area contributed by atoms with E-state index < -0.39 is 12.3 Å². The van der Waals surface area contributed by atoms with Crippen LogP contribution in [-0.2, 0) is 0 Å². The number of ether oxygens (including phenoxy) is 2. The fraction of sp³-hybridized carbons (Fsp3) is 0.321. The van der Waals surface area contributed by atoms with E-state index in [1.807, 2.05) is 6.07 Å². The van der Waals surface area contributed by atoms with Crippen LogP contribution in [0.1, 0.15) is 60.8 Å². The summed E-state index contributed by atoms with van der Waals surface area (Å²) in [4.78, 5) is 0. The summed E-state index contributed by atoms with van der Waals surface area (Å²) in [5.74, 6) is 1.58. The van der Waals surface area contributed by atoms with Gasteiger partial charge >= 0.3 is 6.61 Å². The number of hydrogen-bond donors (Lipinski definition) is 0. The Hall–Kier alpha value is -2.93. The normalized spacial score (nSPS) is 25.1. The molecule has 0 N–H and O–H groups in total. The van der Waals surface area contributed by atoms with E-state index in [1.165, 1.54) is 5.56 Å². The lowest BCUT2D eigenvalue weighted by molar-refractivity contribution is -0.142. The maximum Gasteiger partial charge on any atom is 0.387 e. The van der Waals surface area contributed by atoms with Gasteiger partial charge in [-0.05, 0) is 72.4 Å². The number of nitrogens with zero attached hydrogens (tertiary/aromatic N) is 2. The molecule has 6 rings (SSSR count). The molecular weight excluding hydrogens is 514 g/mol. The van der Waals surface area contributed by atoms with Crippen molar-refractivity contribution < 1.29 is 18.3 Å². The Morgan fingerprint density at radius 3 is 2.46 bits per heavy atom. The largest absolute Gasteiger partial charge is 0.466 e. The van der Waals surface area contributed by atoms with Crippen LogP contribution in [0.25, 0.3) is 0 Å². The number of benzene rings is 3. The molecule has 0 aromatic heterocycles. The zero-order chi connectivity index (χ0) is 24.0. The fourth-order valence-electron chi connectivity index (χ4n) is 5.71. The van der Waals surface area contributed by atoms with Gasteiger partial charge in [0.2, 0.25) is 0 Å². The van der Waals surface area contributed by atoms with Crippen LogP contribution >= 0.6 is 15.9 Å². The SMILES string of the molecule is FC(F)Oc1ccc(C2=NN3C(C2)c2cc(Br)ccc2OC32CCC(c3ccccc3)CC2)cc1. The second-order valence-electron chi connectivity index (χ2n) is 9.43. The monoisotopic (exact) mass is 538 g/mol. The van der Waals surface area contributed by atoms with Gasteiger partial charge in [0.25, 0.3) is 0 Å². The molecule has 1 spiro atoms. The Balaban J connectivity index is 1.32. The third kappa shape index (κ3) is 4.20. The number of hydrogen-bond acceptors (Lipinski definition) is 4. The van der Waals surface area contributed by atoms with Crippen molar-refractivity contribution in [3.8, 4) is 11.5 Å². The Labute approximate surface area is 211 Å². The third-order valence-corrected chi connectivity index (χ3v) is 7.90. The first-order chi connectivity index (χ1) is 17.0. The lowest BCUT2D eigenvalue weighted by atomic mass is 9.78. The van der Waals surface area contributed by atoms with Crippen molar-refractivity contribution >= 4 is 21.6 Å². The van der Waals surface area contributed by atoms with E-state index in [2.05, 4.69) is 68.1 Å². The number of hydrazone groups is 1. The Morgan fingerprint density at radius 2 is 1.74 bits per heavy atom. The molecule has 2 heterocycles. The van der Waals surface area contributed by atoms with Crippen molar-refractivity contribution in [2.24, 2.45) is 5.10 Å². The van der Waals surface area contributed by atoms with Gasteiger partial charge in [0.1, 0.15) is 11.5 Å². The van der Waals surface area contributed by atoms with Crippen molar-refractivity contribution in [2.45, 2.75) is 56.4 Å². The molecule has 3 aromatic carbocycles. The van der Waals surface area contributed by atoms with E-state index in [-0.39, 0.29) is 11.8 Å². The van der Waals surface area contributed by atoms with Crippen LogP contribution in [0.5, 0.6) is 11.5 Å². The highest BCUT2D eigenvalue weighted by atomic mass is 79.9. The highest BCUT2D eigenvalue weighted by Crippen LogP contribution is 2.53. The van der Waals surface area contributed by atoms with Crippen LogP contribution in [0.4, 0.5) is 8.78 Å². The first-order valence-electron chi connectivity index (χ1n) is 12.0. The second-order valence-corrected chi connectivity index (χ2v) is 10.3. The average molecular weight is 539 g/mol. The van der Waals surface area contributed by atoms with Crippen molar-refractivity contribution in [2.75, 3.05) is 0 Å². The molecule has 3 aliphatic rings. The number of rotatable bonds is 4. The quantitative estimate of drug-likeness (QED) is 0.342. The van der Waals surface area contributed by atoms with Crippen LogP contribution in [-0.4, -0.2) is 23.1 Å². The van der Waals surface area contributed by atoms with Gasteiger partial charge in [-0.2, -0.15) is 13.9 Å². The van der Waals surface area contributed by atoms with Gasteiger partial charge < -0.3 is 9.47 Å². The van der Waals surface area contributed by atoms with Gasteiger partial charge in [0.15, 0.2) is 5.72 Å². The summed E-state index contributed by atoms with van der Waals surface area (Å²) >= 11 is 3.61. The molecule has 1 aliphatic carbocycles. The summed E-state index contributed by atoms with van der Waals surface area (Å²) < 4.78 is 37.4. The molecule has 3 aromatic rings. The van der Waals surface area contributed by atoms with Crippen molar-refractivity contribution in [3.63, 3.8) is 0 Å². The van der Waals surface area contributed by atoms with Gasteiger partial charge in [-0.25, -0.2) is 5.01 Å². The van der Waals surface area contributed by atoms with Gasteiger partial charge in [0.05, 0.1) is 11.8 Å². The van der Waals surface area contributed by atoms with Crippen LogP contribution in [0.2, 0.25) is 0 Å².